The monoisotopic (exact) mass is 128 g/mol. The second kappa shape index (κ2) is 2.22. The molecule has 0 aromatic carbocycles. The van der Waals surface area contributed by atoms with Gasteiger partial charge in [0.1, 0.15) is 0 Å². The highest BCUT2D eigenvalue weighted by atomic mass is 28.1. The van der Waals surface area contributed by atoms with Gasteiger partial charge in [-0.25, -0.2) is 0 Å². The van der Waals surface area contributed by atoms with Crippen LogP contribution in [0.1, 0.15) is 32.1 Å². The van der Waals surface area contributed by atoms with E-state index in [0.717, 1.165) is 0 Å². The van der Waals surface area contributed by atoms with E-state index in [1.807, 2.05) is 0 Å². The summed E-state index contributed by atoms with van der Waals surface area (Å²) in [6.07, 6.45) is 7.82. The average molecular weight is 128 g/mol. The molecular formula is C7H16Si. The first-order chi connectivity index (χ1) is 3.45. The lowest BCUT2D eigenvalue weighted by Crippen LogP contribution is -1.90. The van der Waals surface area contributed by atoms with Crippen LogP contribution in [0.3, 0.4) is 0 Å². The van der Waals surface area contributed by atoms with Gasteiger partial charge in [-0.05, 0) is 29.2 Å². The maximum atomic E-state index is 1.58. The van der Waals surface area contributed by atoms with Crippen LogP contribution >= 0.6 is 0 Å². The highest BCUT2D eigenvalue weighted by Crippen LogP contribution is 2.43. The van der Waals surface area contributed by atoms with Crippen LogP contribution in [0.15, 0.2) is 0 Å². The van der Waals surface area contributed by atoms with Gasteiger partial charge < -0.3 is 0 Å². The molecule has 0 atom stereocenters. The first-order valence-corrected chi connectivity index (χ1v) is 3.45. The van der Waals surface area contributed by atoms with E-state index in [4.69, 9.17) is 0 Å². The van der Waals surface area contributed by atoms with Gasteiger partial charge in [-0.3, -0.25) is 0 Å². The Bertz CT molecular complexity index is 62.5. The molecule has 2 rings (SSSR count). The molecule has 0 aromatic heterocycles. The summed E-state index contributed by atoms with van der Waals surface area (Å²) in [7, 11) is 0. The summed E-state index contributed by atoms with van der Waals surface area (Å²) in [5.74, 6) is 2.34. The Morgan fingerprint density at radius 2 is 1.12 bits per heavy atom. The van der Waals surface area contributed by atoms with Crippen molar-refractivity contribution in [1.29, 1.82) is 0 Å². The summed E-state index contributed by atoms with van der Waals surface area (Å²) >= 11 is 0. The van der Waals surface area contributed by atoms with Crippen molar-refractivity contribution in [2.45, 2.75) is 32.1 Å². The number of hydrogen-bond acceptors (Lipinski definition) is 0. The highest BCUT2D eigenvalue weighted by molar-refractivity contribution is 5.75. The topological polar surface area (TPSA) is 0 Å². The van der Waals surface area contributed by atoms with Gasteiger partial charge in [-0.1, -0.05) is 25.7 Å². The molecule has 2 aliphatic carbocycles. The maximum Gasteiger partial charge on any atom is -0.0149 e. The molecule has 0 nitrogen and oxygen atoms in total. The largest absolute Gasteiger partial charge is 0.0502 e. The Morgan fingerprint density at radius 1 is 0.750 bits per heavy atom. The SMILES string of the molecule is C1CC2CCC1C2.[SiH4]. The molecule has 0 aromatic rings. The Kier molecular flexibility index (Phi) is 1.76. The van der Waals surface area contributed by atoms with Crippen LogP contribution in [0.5, 0.6) is 0 Å². The first kappa shape index (κ1) is 6.34. The normalized spacial score (nSPS) is 42.0. The standard InChI is InChI=1S/C7H12.H4Si/c1-2-7-4-3-6(1)5-7;/h6-7H,1-5H2;1H4. The Morgan fingerprint density at radius 3 is 1.25 bits per heavy atom. The first-order valence-electron chi connectivity index (χ1n) is 3.45. The number of hydrogen-bond donors (Lipinski definition) is 0. The lowest BCUT2D eigenvalue weighted by Gasteiger charge is -2.05. The summed E-state index contributed by atoms with van der Waals surface area (Å²) in [5.41, 5.74) is 0. The molecule has 2 aliphatic rings. The smallest absolute Gasteiger partial charge is 0.0149 e. The predicted octanol–water partition coefficient (Wildman–Crippen LogP) is 0.745. The van der Waals surface area contributed by atoms with Gasteiger partial charge in [0, 0.05) is 0 Å². The average Bonchev–Trinajstić information content (AvgIpc) is 2.22. The third-order valence-corrected chi connectivity index (χ3v) is 2.63. The Hall–Kier alpha value is 0.217. The molecule has 8 heavy (non-hydrogen) atoms. The second-order valence-electron chi connectivity index (χ2n) is 3.12. The zero-order valence-electron chi connectivity index (χ0n) is 4.69. The zero-order valence-corrected chi connectivity index (χ0v) is 4.69. The van der Waals surface area contributed by atoms with Crippen LogP contribution in [0, 0.1) is 11.8 Å². The molecule has 0 heterocycles. The molecule has 0 aliphatic heterocycles. The molecule has 0 saturated heterocycles. The van der Waals surface area contributed by atoms with Gasteiger partial charge >= 0.3 is 0 Å². The second-order valence-corrected chi connectivity index (χ2v) is 3.12. The summed E-state index contributed by atoms with van der Waals surface area (Å²) < 4.78 is 0. The minimum Gasteiger partial charge on any atom is -0.0502 e. The number of fused-ring (bicyclic) bond motifs is 2. The summed E-state index contributed by atoms with van der Waals surface area (Å²) in [4.78, 5) is 0. The minimum atomic E-state index is 0. The van der Waals surface area contributed by atoms with Crippen molar-refractivity contribution in [2.75, 3.05) is 0 Å². The van der Waals surface area contributed by atoms with Crippen molar-refractivity contribution in [3.63, 3.8) is 0 Å². The fourth-order valence-electron chi connectivity index (χ4n) is 2.17. The summed E-state index contributed by atoms with van der Waals surface area (Å²) in [5, 5.41) is 0. The van der Waals surface area contributed by atoms with Crippen LogP contribution in [0.4, 0.5) is 0 Å². The van der Waals surface area contributed by atoms with Gasteiger partial charge in [-0.15, -0.1) is 0 Å². The predicted molar refractivity (Wildman–Crippen MR) is 41.4 cm³/mol. The van der Waals surface area contributed by atoms with E-state index in [-0.39, 0.29) is 11.0 Å². The third-order valence-electron chi connectivity index (χ3n) is 2.63. The molecule has 0 amide bonds. The number of rotatable bonds is 0. The molecule has 1 heteroatoms. The quantitative estimate of drug-likeness (QED) is 0.422. The van der Waals surface area contributed by atoms with Crippen molar-refractivity contribution < 1.29 is 0 Å². The van der Waals surface area contributed by atoms with E-state index < -0.39 is 0 Å². The van der Waals surface area contributed by atoms with Gasteiger partial charge in [0.15, 0.2) is 0 Å². The van der Waals surface area contributed by atoms with Crippen LogP contribution in [0.25, 0.3) is 0 Å². The molecule has 2 fully saturated rings. The summed E-state index contributed by atoms with van der Waals surface area (Å²) in [6.45, 7) is 0. The van der Waals surface area contributed by atoms with E-state index in [0.29, 0.717) is 0 Å². The lowest BCUT2D eigenvalue weighted by atomic mass is 10.0. The van der Waals surface area contributed by atoms with Crippen LogP contribution in [-0.4, -0.2) is 11.0 Å². The van der Waals surface area contributed by atoms with Crippen LogP contribution < -0.4 is 0 Å². The minimum absolute atomic E-state index is 0. The Balaban J connectivity index is 0.000000320. The van der Waals surface area contributed by atoms with Crippen molar-refractivity contribution in [2.24, 2.45) is 11.8 Å². The van der Waals surface area contributed by atoms with E-state index >= 15 is 0 Å². The third kappa shape index (κ3) is 0.837. The molecule has 48 valence electrons. The molecule has 2 saturated carbocycles. The molecule has 2 bridgehead atoms. The molecule has 0 unspecified atom stereocenters. The van der Waals surface area contributed by atoms with Crippen molar-refractivity contribution >= 4 is 11.0 Å². The lowest BCUT2D eigenvalue weighted by molar-refractivity contribution is 0.480. The Labute approximate surface area is 55.7 Å². The molecular weight excluding hydrogens is 112 g/mol. The zero-order chi connectivity index (χ0) is 4.69. The fraction of sp³-hybridized carbons (Fsp3) is 1.00. The van der Waals surface area contributed by atoms with Gasteiger partial charge in [0.2, 0.25) is 0 Å². The van der Waals surface area contributed by atoms with Gasteiger partial charge in [0.25, 0.3) is 0 Å². The summed E-state index contributed by atoms with van der Waals surface area (Å²) in [6, 6.07) is 0. The molecule has 0 spiro atoms. The van der Waals surface area contributed by atoms with E-state index in [1.54, 1.807) is 32.1 Å². The highest BCUT2D eigenvalue weighted by Gasteiger charge is 2.30. The maximum absolute atomic E-state index is 1.58. The van der Waals surface area contributed by atoms with E-state index in [1.165, 1.54) is 11.8 Å². The van der Waals surface area contributed by atoms with E-state index in [9.17, 15) is 0 Å². The van der Waals surface area contributed by atoms with E-state index in [2.05, 4.69) is 0 Å². The van der Waals surface area contributed by atoms with Crippen molar-refractivity contribution in [3.8, 4) is 0 Å². The fourth-order valence-corrected chi connectivity index (χ4v) is 2.17. The van der Waals surface area contributed by atoms with Crippen LogP contribution in [0.2, 0.25) is 0 Å². The van der Waals surface area contributed by atoms with Crippen LogP contribution in [-0.2, 0) is 0 Å². The molecule has 0 N–H and O–H groups in total. The van der Waals surface area contributed by atoms with Gasteiger partial charge in [-0.2, -0.15) is 0 Å². The van der Waals surface area contributed by atoms with Gasteiger partial charge in [0.05, 0.1) is 0 Å². The van der Waals surface area contributed by atoms with Crippen molar-refractivity contribution in [3.05, 3.63) is 0 Å². The molecule has 0 radical (unpaired) electrons. The van der Waals surface area contributed by atoms with Crippen molar-refractivity contribution in [1.82, 2.24) is 0 Å².